The van der Waals surface area contributed by atoms with Gasteiger partial charge in [-0.2, -0.15) is 0 Å². The molecule has 5 heteroatoms. The number of aromatic nitrogens is 1. The van der Waals surface area contributed by atoms with Crippen LogP contribution in [0.4, 0.5) is 5.69 Å². The molecule has 2 atom stereocenters. The number of halogens is 1. The summed E-state index contributed by atoms with van der Waals surface area (Å²) in [7, 11) is 0. The first-order chi connectivity index (χ1) is 8.56. The third kappa shape index (κ3) is 3.13. The smallest absolute Gasteiger partial charge is 0.306 e. The minimum atomic E-state index is -0.699. The Morgan fingerprint density at radius 1 is 1.56 bits per heavy atom. The molecule has 2 unspecified atom stereocenters. The monoisotopic (exact) mass is 268 g/mol. The second-order valence-corrected chi connectivity index (χ2v) is 5.25. The summed E-state index contributed by atoms with van der Waals surface area (Å²) in [5.41, 5.74) is 1.83. The number of carbonyl (C=O) groups is 1. The zero-order valence-corrected chi connectivity index (χ0v) is 11.1. The lowest BCUT2D eigenvalue weighted by molar-refractivity contribution is -0.142. The minimum Gasteiger partial charge on any atom is -0.481 e. The van der Waals surface area contributed by atoms with Gasteiger partial charge in [0.25, 0.3) is 0 Å². The number of anilines is 1. The van der Waals surface area contributed by atoms with E-state index in [4.69, 9.17) is 16.7 Å². The third-order valence-corrected chi connectivity index (χ3v) is 3.66. The first-order valence-corrected chi connectivity index (χ1v) is 6.55. The van der Waals surface area contributed by atoms with Crippen LogP contribution in [0.1, 0.15) is 31.2 Å². The number of pyridine rings is 1. The summed E-state index contributed by atoms with van der Waals surface area (Å²) < 4.78 is 0. The van der Waals surface area contributed by atoms with Gasteiger partial charge in [-0.1, -0.05) is 18.0 Å². The molecule has 0 aliphatic heterocycles. The van der Waals surface area contributed by atoms with Gasteiger partial charge >= 0.3 is 5.97 Å². The molecule has 2 N–H and O–H groups in total. The Labute approximate surface area is 111 Å². The lowest BCUT2D eigenvalue weighted by Crippen LogP contribution is -2.31. The minimum absolute atomic E-state index is 0.168. The van der Waals surface area contributed by atoms with Crippen molar-refractivity contribution in [3.63, 3.8) is 0 Å². The topological polar surface area (TPSA) is 62.2 Å². The first kappa shape index (κ1) is 13.1. The van der Waals surface area contributed by atoms with E-state index >= 15 is 0 Å². The van der Waals surface area contributed by atoms with Crippen LogP contribution >= 0.6 is 11.6 Å². The fourth-order valence-electron chi connectivity index (χ4n) is 2.42. The molecule has 1 aliphatic rings. The maximum Gasteiger partial charge on any atom is 0.306 e. The van der Waals surface area contributed by atoms with Gasteiger partial charge in [-0.25, -0.2) is 4.98 Å². The van der Waals surface area contributed by atoms with Gasteiger partial charge in [0.2, 0.25) is 0 Å². The van der Waals surface area contributed by atoms with E-state index in [1.54, 1.807) is 6.20 Å². The van der Waals surface area contributed by atoms with E-state index in [-0.39, 0.29) is 12.0 Å². The quantitative estimate of drug-likeness (QED) is 0.827. The number of nitrogens with one attached hydrogen (secondary N) is 1. The normalized spacial score (nSPS) is 23.7. The predicted octanol–water partition coefficient (Wildman–Crippen LogP) is 3.10. The highest BCUT2D eigenvalue weighted by atomic mass is 35.5. The highest BCUT2D eigenvalue weighted by Gasteiger charge is 2.27. The van der Waals surface area contributed by atoms with Crippen molar-refractivity contribution in [2.75, 3.05) is 5.32 Å². The van der Waals surface area contributed by atoms with Gasteiger partial charge in [-0.05, 0) is 37.8 Å². The summed E-state index contributed by atoms with van der Waals surface area (Å²) in [5, 5.41) is 12.8. The molecule has 2 rings (SSSR count). The Morgan fingerprint density at radius 2 is 2.33 bits per heavy atom. The molecular weight excluding hydrogens is 252 g/mol. The van der Waals surface area contributed by atoms with Crippen LogP contribution < -0.4 is 5.32 Å². The molecule has 0 radical (unpaired) electrons. The number of aliphatic carboxylic acids is 1. The van der Waals surface area contributed by atoms with E-state index in [0.29, 0.717) is 11.6 Å². The van der Waals surface area contributed by atoms with E-state index in [1.807, 2.05) is 13.0 Å². The van der Waals surface area contributed by atoms with Crippen molar-refractivity contribution in [1.82, 2.24) is 4.98 Å². The van der Waals surface area contributed by atoms with Crippen LogP contribution in [0.15, 0.2) is 12.3 Å². The van der Waals surface area contributed by atoms with Crippen molar-refractivity contribution in [2.45, 2.75) is 38.6 Å². The summed E-state index contributed by atoms with van der Waals surface area (Å²) in [5.74, 6) is -0.942. The highest BCUT2D eigenvalue weighted by molar-refractivity contribution is 6.31. The molecule has 0 bridgehead atoms. The summed E-state index contributed by atoms with van der Waals surface area (Å²) in [6, 6.07) is 2.11. The lowest BCUT2D eigenvalue weighted by Gasteiger charge is -2.28. The van der Waals surface area contributed by atoms with E-state index in [9.17, 15) is 4.79 Å². The number of nitrogens with zero attached hydrogens (tertiary/aromatic N) is 1. The molecule has 1 fully saturated rings. The van der Waals surface area contributed by atoms with Crippen LogP contribution in [0.2, 0.25) is 5.15 Å². The summed E-state index contributed by atoms with van der Waals surface area (Å²) in [4.78, 5) is 15.1. The molecule has 1 aromatic rings. The fourth-order valence-corrected chi connectivity index (χ4v) is 2.58. The Bertz CT molecular complexity index is 451. The van der Waals surface area contributed by atoms with E-state index in [0.717, 1.165) is 30.5 Å². The van der Waals surface area contributed by atoms with Crippen LogP contribution in [0.3, 0.4) is 0 Å². The van der Waals surface area contributed by atoms with Gasteiger partial charge in [-0.15, -0.1) is 0 Å². The summed E-state index contributed by atoms with van der Waals surface area (Å²) in [6.07, 6.45) is 5.06. The molecule has 1 aliphatic carbocycles. The Kier molecular flexibility index (Phi) is 4.07. The molecule has 0 spiro atoms. The molecule has 0 aromatic carbocycles. The summed E-state index contributed by atoms with van der Waals surface area (Å²) >= 11 is 6.02. The number of rotatable bonds is 3. The van der Waals surface area contributed by atoms with Crippen LogP contribution in [-0.2, 0) is 4.79 Å². The van der Waals surface area contributed by atoms with Gasteiger partial charge in [0.05, 0.1) is 11.6 Å². The number of hydrogen-bond donors (Lipinski definition) is 2. The van der Waals surface area contributed by atoms with Gasteiger partial charge in [-0.3, -0.25) is 4.79 Å². The molecular formula is C13H17ClN2O2. The number of hydrogen-bond acceptors (Lipinski definition) is 3. The Hall–Kier alpha value is -1.29. The van der Waals surface area contributed by atoms with Gasteiger partial charge in [0.15, 0.2) is 5.15 Å². The Balaban J connectivity index is 2.04. The van der Waals surface area contributed by atoms with Gasteiger partial charge < -0.3 is 10.4 Å². The molecule has 0 amide bonds. The van der Waals surface area contributed by atoms with Gasteiger partial charge in [0, 0.05) is 12.2 Å². The summed E-state index contributed by atoms with van der Waals surface area (Å²) in [6.45, 7) is 1.95. The molecule has 98 valence electrons. The van der Waals surface area contributed by atoms with E-state index in [1.165, 1.54) is 0 Å². The lowest BCUT2D eigenvalue weighted by atomic mass is 9.85. The van der Waals surface area contributed by atoms with Gasteiger partial charge in [0.1, 0.15) is 0 Å². The second kappa shape index (κ2) is 5.57. The molecule has 18 heavy (non-hydrogen) atoms. The fraction of sp³-hybridized carbons (Fsp3) is 0.538. The average Bonchev–Trinajstić information content (AvgIpc) is 2.34. The maximum absolute atomic E-state index is 11.0. The number of carboxylic acid groups (broad SMARTS) is 1. The highest BCUT2D eigenvalue weighted by Crippen LogP contribution is 2.29. The van der Waals surface area contributed by atoms with Crippen molar-refractivity contribution < 1.29 is 9.90 Å². The standard InChI is InChI=1S/C13H17ClN2O2/c1-8-5-11(12(14)15-7-8)16-10-4-2-3-9(6-10)13(17)18/h5,7,9-10,16H,2-4,6H2,1H3,(H,17,18). The van der Waals surface area contributed by atoms with Crippen molar-refractivity contribution >= 4 is 23.3 Å². The van der Waals surface area contributed by atoms with Crippen LogP contribution in [0, 0.1) is 12.8 Å². The molecule has 0 saturated heterocycles. The third-order valence-electron chi connectivity index (χ3n) is 3.36. The predicted molar refractivity (Wildman–Crippen MR) is 71.0 cm³/mol. The zero-order chi connectivity index (χ0) is 13.1. The van der Waals surface area contributed by atoms with Crippen LogP contribution in [-0.4, -0.2) is 22.1 Å². The molecule has 1 aromatic heterocycles. The molecule has 4 nitrogen and oxygen atoms in total. The second-order valence-electron chi connectivity index (χ2n) is 4.89. The SMILES string of the molecule is Cc1cnc(Cl)c(NC2CCCC(C(=O)O)C2)c1. The van der Waals surface area contributed by atoms with Crippen molar-refractivity contribution in [3.8, 4) is 0 Å². The largest absolute Gasteiger partial charge is 0.481 e. The van der Waals surface area contributed by atoms with Crippen molar-refractivity contribution in [3.05, 3.63) is 23.0 Å². The van der Waals surface area contributed by atoms with Crippen LogP contribution in [0.25, 0.3) is 0 Å². The van der Waals surface area contributed by atoms with Crippen molar-refractivity contribution in [2.24, 2.45) is 5.92 Å². The Morgan fingerprint density at radius 3 is 3.06 bits per heavy atom. The van der Waals surface area contributed by atoms with E-state index < -0.39 is 5.97 Å². The maximum atomic E-state index is 11.0. The van der Waals surface area contributed by atoms with Crippen molar-refractivity contribution in [1.29, 1.82) is 0 Å². The van der Waals surface area contributed by atoms with E-state index in [2.05, 4.69) is 10.3 Å². The zero-order valence-electron chi connectivity index (χ0n) is 10.3. The van der Waals surface area contributed by atoms with Crippen LogP contribution in [0.5, 0.6) is 0 Å². The molecule has 1 heterocycles. The first-order valence-electron chi connectivity index (χ1n) is 6.17. The molecule has 1 saturated carbocycles. The average molecular weight is 269 g/mol. The number of carboxylic acids is 1. The number of aryl methyl sites for hydroxylation is 1.